The molecule has 0 saturated carbocycles. The molecule has 0 saturated heterocycles. The molecule has 1 atom stereocenters. The summed E-state index contributed by atoms with van der Waals surface area (Å²) in [6.45, 7) is 8.85. The normalized spacial score (nSPS) is 13.6. The van der Waals surface area contributed by atoms with Gasteiger partial charge in [-0.2, -0.15) is 0 Å². The summed E-state index contributed by atoms with van der Waals surface area (Å²) in [5.41, 5.74) is 1.54. The van der Waals surface area contributed by atoms with Gasteiger partial charge in [-0.05, 0) is 38.5 Å². The zero-order chi connectivity index (χ0) is 15.2. The first kappa shape index (κ1) is 17.0. The van der Waals surface area contributed by atoms with Gasteiger partial charge in [0, 0.05) is 18.2 Å². The van der Waals surface area contributed by atoms with Gasteiger partial charge in [0.25, 0.3) is 0 Å². The molecule has 1 aromatic carbocycles. The molecule has 114 valence electrons. The highest BCUT2D eigenvalue weighted by atomic mass is 16.5. The van der Waals surface area contributed by atoms with Gasteiger partial charge < -0.3 is 15.0 Å². The second-order valence-electron chi connectivity index (χ2n) is 6.55. The largest absolute Gasteiger partial charge is 0.496 e. The number of hydrogen-bond donors (Lipinski definition) is 1. The van der Waals surface area contributed by atoms with Crippen molar-refractivity contribution in [1.29, 1.82) is 0 Å². The topological polar surface area (TPSA) is 24.5 Å². The lowest BCUT2D eigenvalue weighted by Crippen LogP contribution is -2.40. The molecule has 1 N–H and O–H groups in total. The second kappa shape index (κ2) is 7.65. The average molecular weight is 278 g/mol. The van der Waals surface area contributed by atoms with Gasteiger partial charge in [-0.3, -0.25) is 0 Å². The van der Waals surface area contributed by atoms with Gasteiger partial charge in [-0.15, -0.1) is 0 Å². The van der Waals surface area contributed by atoms with Crippen molar-refractivity contribution in [3.05, 3.63) is 29.8 Å². The van der Waals surface area contributed by atoms with Crippen molar-refractivity contribution < 1.29 is 4.74 Å². The molecule has 1 unspecified atom stereocenters. The van der Waals surface area contributed by atoms with Crippen LogP contribution in [0, 0.1) is 5.41 Å². The number of nitrogens with one attached hydrogen (secondary N) is 1. The summed E-state index contributed by atoms with van der Waals surface area (Å²) in [4.78, 5) is 2.36. The van der Waals surface area contributed by atoms with Crippen LogP contribution in [0.1, 0.15) is 32.8 Å². The van der Waals surface area contributed by atoms with E-state index >= 15 is 0 Å². The maximum Gasteiger partial charge on any atom is 0.123 e. The van der Waals surface area contributed by atoms with E-state index in [9.17, 15) is 0 Å². The van der Waals surface area contributed by atoms with Gasteiger partial charge in [0.2, 0.25) is 0 Å². The highest BCUT2D eigenvalue weighted by Gasteiger charge is 2.22. The van der Waals surface area contributed by atoms with Gasteiger partial charge in [0.1, 0.15) is 5.75 Å². The minimum absolute atomic E-state index is 0.292. The molecule has 20 heavy (non-hydrogen) atoms. The van der Waals surface area contributed by atoms with Gasteiger partial charge in [0.05, 0.1) is 7.11 Å². The quantitative estimate of drug-likeness (QED) is 0.829. The fourth-order valence-corrected chi connectivity index (χ4v) is 2.56. The van der Waals surface area contributed by atoms with E-state index in [1.54, 1.807) is 7.11 Å². The predicted molar refractivity (Wildman–Crippen MR) is 86.2 cm³/mol. The molecule has 0 spiro atoms. The molecule has 0 bridgehead atoms. The molecule has 0 radical (unpaired) electrons. The summed E-state index contributed by atoms with van der Waals surface area (Å²) in [6, 6.07) is 8.77. The fraction of sp³-hybridized carbons (Fsp3) is 0.647. The fourth-order valence-electron chi connectivity index (χ4n) is 2.56. The Morgan fingerprint density at radius 1 is 1.25 bits per heavy atom. The Labute approximate surface area is 124 Å². The predicted octanol–water partition coefficient (Wildman–Crippen LogP) is 3.15. The second-order valence-corrected chi connectivity index (χ2v) is 6.55. The molecule has 0 aromatic heterocycles. The lowest BCUT2D eigenvalue weighted by Gasteiger charge is -2.32. The number of methoxy groups -OCH3 is 1. The molecular weight excluding hydrogens is 248 g/mol. The summed E-state index contributed by atoms with van der Waals surface area (Å²) in [5.74, 6) is 0.973. The third kappa shape index (κ3) is 5.14. The maximum atomic E-state index is 5.41. The standard InChI is InChI=1S/C17H30N2O/c1-17(2,3)16(18-4)11-12-19(5)13-14-9-7-8-10-15(14)20-6/h7-10,16,18H,11-13H2,1-6H3. The minimum Gasteiger partial charge on any atom is -0.496 e. The molecule has 3 nitrogen and oxygen atoms in total. The number of ether oxygens (including phenoxy) is 1. The Balaban J connectivity index is 2.53. The monoisotopic (exact) mass is 278 g/mol. The smallest absolute Gasteiger partial charge is 0.123 e. The van der Waals surface area contributed by atoms with Crippen LogP contribution >= 0.6 is 0 Å². The Bertz CT molecular complexity index is 398. The van der Waals surface area contributed by atoms with Gasteiger partial charge in [-0.25, -0.2) is 0 Å². The first-order valence-corrected chi connectivity index (χ1v) is 7.36. The molecule has 0 aliphatic heterocycles. The van der Waals surface area contributed by atoms with Crippen molar-refractivity contribution in [3.8, 4) is 5.75 Å². The molecule has 0 heterocycles. The van der Waals surface area contributed by atoms with E-state index in [-0.39, 0.29) is 0 Å². The zero-order valence-corrected chi connectivity index (χ0v) is 13.9. The summed E-state index contributed by atoms with van der Waals surface area (Å²) in [6.07, 6.45) is 1.14. The molecule has 0 amide bonds. The number of para-hydroxylation sites is 1. The van der Waals surface area contributed by atoms with E-state index in [1.807, 2.05) is 12.1 Å². The van der Waals surface area contributed by atoms with E-state index in [1.165, 1.54) is 5.56 Å². The van der Waals surface area contributed by atoms with Crippen molar-refractivity contribution in [3.63, 3.8) is 0 Å². The molecule has 0 aliphatic carbocycles. The van der Waals surface area contributed by atoms with Crippen LogP contribution in [0.2, 0.25) is 0 Å². The first-order valence-electron chi connectivity index (χ1n) is 7.36. The summed E-state index contributed by atoms with van der Waals surface area (Å²) >= 11 is 0. The summed E-state index contributed by atoms with van der Waals surface area (Å²) < 4.78 is 5.41. The number of rotatable bonds is 7. The minimum atomic E-state index is 0.292. The van der Waals surface area contributed by atoms with Crippen LogP contribution in [0.5, 0.6) is 5.75 Å². The van der Waals surface area contributed by atoms with E-state index in [4.69, 9.17) is 4.74 Å². The Kier molecular flexibility index (Phi) is 6.50. The van der Waals surface area contributed by atoms with Crippen LogP contribution < -0.4 is 10.1 Å². The van der Waals surface area contributed by atoms with Crippen molar-refractivity contribution in [2.45, 2.75) is 39.8 Å². The lowest BCUT2D eigenvalue weighted by atomic mass is 9.85. The van der Waals surface area contributed by atoms with Crippen LogP contribution in [0.15, 0.2) is 24.3 Å². The van der Waals surface area contributed by atoms with E-state index in [0.717, 1.165) is 25.3 Å². The Hall–Kier alpha value is -1.06. The van der Waals surface area contributed by atoms with Crippen molar-refractivity contribution in [2.24, 2.45) is 5.41 Å². The first-order chi connectivity index (χ1) is 9.38. The zero-order valence-electron chi connectivity index (χ0n) is 13.9. The van der Waals surface area contributed by atoms with Crippen LogP contribution in [-0.2, 0) is 6.54 Å². The highest BCUT2D eigenvalue weighted by molar-refractivity contribution is 5.32. The van der Waals surface area contributed by atoms with Gasteiger partial charge in [0.15, 0.2) is 0 Å². The molecule has 0 aliphatic rings. The van der Waals surface area contributed by atoms with Crippen molar-refractivity contribution in [1.82, 2.24) is 10.2 Å². The van der Waals surface area contributed by atoms with Crippen LogP contribution in [0.4, 0.5) is 0 Å². The van der Waals surface area contributed by atoms with Gasteiger partial charge >= 0.3 is 0 Å². The van der Waals surface area contributed by atoms with E-state index < -0.39 is 0 Å². The van der Waals surface area contributed by atoms with Crippen LogP contribution in [0.3, 0.4) is 0 Å². The SMILES string of the molecule is CNC(CCN(C)Cc1ccccc1OC)C(C)(C)C. The molecular formula is C17H30N2O. The van der Waals surface area contributed by atoms with E-state index in [0.29, 0.717) is 11.5 Å². The summed E-state index contributed by atoms with van der Waals surface area (Å²) in [7, 11) is 5.95. The molecule has 0 fully saturated rings. The number of hydrogen-bond acceptors (Lipinski definition) is 3. The maximum absolute atomic E-state index is 5.41. The summed E-state index contributed by atoms with van der Waals surface area (Å²) in [5, 5.41) is 3.43. The van der Waals surface area contributed by atoms with Crippen LogP contribution in [0.25, 0.3) is 0 Å². The highest BCUT2D eigenvalue weighted by Crippen LogP contribution is 2.23. The lowest BCUT2D eigenvalue weighted by molar-refractivity contribution is 0.226. The van der Waals surface area contributed by atoms with Crippen molar-refractivity contribution in [2.75, 3.05) is 27.7 Å². The molecule has 1 aromatic rings. The Morgan fingerprint density at radius 3 is 2.45 bits per heavy atom. The average Bonchev–Trinajstić information content (AvgIpc) is 2.38. The third-order valence-corrected chi connectivity index (χ3v) is 3.83. The Morgan fingerprint density at radius 2 is 1.90 bits per heavy atom. The third-order valence-electron chi connectivity index (χ3n) is 3.83. The van der Waals surface area contributed by atoms with E-state index in [2.05, 4.69) is 57.2 Å². The van der Waals surface area contributed by atoms with Crippen molar-refractivity contribution >= 4 is 0 Å². The number of benzene rings is 1. The van der Waals surface area contributed by atoms with Crippen LogP contribution in [-0.4, -0.2) is 38.7 Å². The number of nitrogens with zero attached hydrogens (tertiary/aromatic N) is 1. The molecule has 1 rings (SSSR count). The van der Waals surface area contributed by atoms with Gasteiger partial charge in [-0.1, -0.05) is 39.0 Å². The molecule has 3 heteroatoms.